The predicted molar refractivity (Wildman–Crippen MR) is 74.9 cm³/mol. The summed E-state index contributed by atoms with van der Waals surface area (Å²) in [6.45, 7) is 0. The second kappa shape index (κ2) is 5.29. The zero-order valence-corrected chi connectivity index (χ0v) is 10.8. The molecule has 1 atom stereocenters. The van der Waals surface area contributed by atoms with Crippen LogP contribution in [0.25, 0.3) is 0 Å². The Bertz CT molecular complexity index is 557. The van der Waals surface area contributed by atoms with Gasteiger partial charge in [-0.1, -0.05) is 29.8 Å². The third kappa shape index (κ3) is 2.58. The topological polar surface area (TPSA) is 61.3 Å². The molecule has 2 aromatic carbocycles. The molecule has 4 heteroatoms. The molecule has 0 aliphatic heterocycles. The molecule has 2 aromatic rings. The molecule has 0 aromatic heterocycles. The first kappa shape index (κ1) is 12.7. The van der Waals surface area contributed by atoms with Gasteiger partial charge in [0.1, 0.15) is 5.75 Å². The summed E-state index contributed by atoms with van der Waals surface area (Å²) in [7, 11) is 1.60. The fraction of sp³-hybridized carbons (Fsp3) is 0.143. The van der Waals surface area contributed by atoms with E-state index in [-0.39, 0.29) is 6.04 Å². The summed E-state index contributed by atoms with van der Waals surface area (Å²) in [4.78, 5) is 0. The number of rotatable bonds is 3. The third-order valence-electron chi connectivity index (χ3n) is 2.81. The first-order valence-electron chi connectivity index (χ1n) is 5.56. The second-order valence-electron chi connectivity index (χ2n) is 4.04. The van der Waals surface area contributed by atoms with E-state index in [0.717, 1.165) is 11.1 Å². The summed E-state index contributed by atoms with van der Waals surface area (Å²) in [5.41, 5.74) is 14.4. The molecule has 0 aliphatic rings. The number of hydrogen-bond acceptors (Lipinski definition) is 3. The van der Waals surface area contributed by atoms with Crippen molar-refractivity contribution in [3.05, 3.63) is 58.6 Å². The molecule has 0 radical (unpaired) electrons. The molecule has 94 valence electrons. The van der Waals surface area contributed by atoms with Crippen molar-refractivity contribution in [2.45, 2.75) is 6.04 Å². The van der Waals surface area contributed by atoms with Gasteiger partial charge >= 0.3 is 0 Å². The lowest BCUT2D eigenvalue weighted by molar-refractivity contribution is 0.414. The van der Waals surface area contributed by atoms with Gasteiger partial charge in [0.2, 0.25) is 0 Å². The normalized spacial score (nSPS) is 12.2. The van der Waals surface area contributed by atoms with Crippen LogP contribution < -0.4 is 16.2 Å². The first-order chi connectivity index (χ1) is 8.61. The molecule has 0 fully saturated rings. The number of halogens is 1. The second-order valence-corrected chi connectivity index (χ2v) is 4.44. The number of nitrogen functional groups attached to an aromatic ring is 1. The van der Waals surface area contributed by atoms with Gasteiger partial charge in [0.15, 0.2) is 0 Å². The van der Waals surface area contributed by atoms with E-state index in [1.54, 1.807) is 13.2 Å². The molecule has 3 nitrogen and oxygen atoms in total. The molecule has 2 rings (SSSR count). The molecule has 0 spiro atoms. The minimum Gasteiger partial charge on any atom is -0.497 e. The smallest absolute Gasteiger partial charge is 0.120 e. The van der Waals surface area contributed by atoms with Crippen molar-refractivity contribution in [1.82, 2.24) is 0 Å². The average molecular weight is 263 g/mol. The van der Waals surface area contributed by atoms with E-state index in [9.17, 15) is 0 Å². The number of anilines is 1. The Labute approximate surface area is 111 Å². The van der Waals surface area contributed by atoms with Gasteiger partial charge in [-0.3, -0.25) is 0 Å². The summed E-state index contributed by atoms with van der Waals surface area (Å²) in [5.74, 6) is 0.712. The third-order valence-corrected chi connectivity index (χ3v) is 3.14. The Balaban J connectivity index is 2.37. The van der Waals surface area contributed by atoms with Crippen LogP contribution in [0.3, 0.4) is 0 Å². The lowest BCUT2D eigenvalue weighted by Crippen LogP contribution is -2.12. The van der Waals surface area contributed by atoms with Crippen molar-refractivity contribution < 1.29 is 4.74 Å². The Morgan fingerprint density at radius 3 is 2.56 bits per heavy atom. The van der Waals surface area contributed by atoms with Crippen molar-refractivity contribution in [3.63, 3.8) is 0 Å². The first-order valence-corrected chi connectivity index (χ1v) is 5.94. The average Bonchev–Trinajstić information content (AvgIpc) is 2.37. The highest BCUT2D eigenvalue weighted by Crippen LogP contribution is 2.30. The highest BCUT2D eigenvalue weighted by atomic mass is 35.5. The lowest BCUT2D eigenvalue weighted by atomic mass is 9.99. The molecule has 0 amide bonds. The van der Waals surface area contributed by atoms with Crippen LogP contribution in [0.1, 0.15) is 17.2 Å². The van der Waals surface area contributed by atoms with Gasteiger partial charge in [-0.25, -0.2) is 0 Å². The van der Waals surface area contributed by atoms with E-state index in [2.05, 4.69) is 0 Å². The maximum absolute atomic E-state index is 6.20. The standard InChI is InChI=1S/C14H15ClN2O/c1-18-11-5-6-12(13(15)8-11)14(17)9-3-2-4-10(16)7-9/h2-8,14H,16-17H2,1H3. The summed E-state index contributed by atoms with van der Waals surface area (Å²) in [6, 6.07) is 12.7. The van der Waals surface area contributed by atoms with E-state index in [0.29, 0.717) is 16.5 Å². The van der Waals surface area contributed by atoms with Gasteiger partial charge in [0.25, 0.3) is 0 Å². The van der Waals surface area contributed by atoms with E-state index in [1.807, 2.05) is 36.4 Å². The number of ether oxygens (including phenoxy) is 1. The monoisotopic (exact) mass is 262 g/mol. The van der Waals surface area contributed by atoms with Crippen LogP contribution in [0.2, 0.25) is 5.02 Å². The number of nitrogens with two attached hydrogens (primary N) is 2. The zero-order chi connectivity index (χ0) is 13.1. The minimum absolute atomic E-state index is 0.299. The highest BCUT2D eigenvalue weighted by Gasteiger charge is 2.13. The largest absolute Gasteiger partial charge is 0.497 e. The van der Waals surface area contributed by atoms with Crippen molar-refractivity contribution in [2.75, 3.05) is 12.8 Å². The van der Waals surface area contributed by atoms with Crippen molar-refractivity contribution in [3.8, 4) is 5.75 Å². The van der Waals surface area contributed by atoms with Crippen molar-refractivity contribution >= 4 is 17.3 Å². The summed E-state index contributed by atoms with van der Waals surface area (Å²) >= 11 is 6.20. The van der Waals surface area contributed by atoms with Gasteiger partial charge in [0.05, 0.1) is 13.2 Å². The predicted octanol–water partition coefficient (Wildman–Crippen LogP) is 2.98. The Morgan fingerprint density at radius 2 is 1.94 bits per heavy atom. The fourth-order valence-corrected chi connectivity index (χ4v) is 2.11. The zero-order valence-electron chi connectivity index (χ0n) is 10.1. The number of methoxy groups -OCH3 is 1. The molecular formula is C14H15ClN2O. The van der Waals surface area contributed by atoms with Crippen LogP contribution in [0, 0.1) is 0 Å². The van der Waals surface area contributed by atoms with Gasteiger partial charge < -0.3 is 16.2 Å². The van der Waals surface area contributed by atoms with Crippen LogP contribution in [-0.2, 0) is 0 Å². The molecule has 0 heterocycles. The number of hydrogen-bond donors (Lipinski definition) is 2. The molecular weight excluding hydrogens is 248 g/mol. The lowest BCUT2D eigenvalue weighted by Gasteiger charge is -2.15. The van der Waals surface area contributed by atoms with E-state index in [4.69, 9.17) is 27.8 Å². The Hall–Kier alpha value is -1.71. The molecule has 18 heavy (non-hydrogen) atoms. The fourth-order valence-electron chi connectivity index (χ4n) is 1.82. The summed E-state index contributed by atoms with van der Waals surface area (Å²) in [6.07, 6.45) is 0. The molecule has 4 N–H and O–H groups in total. The van der Waals surface area contributed by atoms with E-state index >= 15 is 0 Å². The maximum atomic E-state index is 6.20. The molecule has 0 bridgehead atoms. The van der Waals surface area contributed by atoms with E-state index < -0.39 is 0 Å². The van der Waals surface area contributed by atoms with Crippen LogP contribution in [0.15, 0.2) is 42.5 Å². The van der Waals surface area contributed by atoms with Crippen LogP contribution in [-0.4, -0.2) is 7.11 Å². The number of benzene rings is 2. The van der Waals surface area contributed by atoms with Gasteiger partial charge in [-0.15, -0.1) is 0 Å². The Kier molecular flexibility index (Phi) is 3.75. The highest BCUT2D eigenvalue weighted by molar-refractivity contribution is 6.31. The van der Waals surface area contributed by atoms with Crippen molar-refractivity contribution in [1.29, 1.82) is 0 Å². The Morgan fingerprint density at radius 1 is 1.17 bits per heavy atom. The molecule has 0 aliphatic carbocycles. The SMILES string of the molecule is COc1ccc(C(N)c2cccc(N)c2)c(Cl)c1. The molecule has 0 saturated heterocycles. The summed E-state index contributed by atoms with van der Waals surface area (Å²) in [5, 5.41) is 0.587. The minimum atomic E-state index is -0.299. The molecule has 1 unspecified atom stereocenters. The van der Waals surface area contributed by atoms with Gasteiger partial charge in [-0.2, -0.15) is 0 Å². The quantitative estimate of drug-likeness (QED) is 0.836. The van der Waals surface area contributed by atoms with Crippen molar-refractivity contribution in [2.24, 2.45) is 5.73 Å². The maximum Gasteiger partial charge on any atom is 0.120 e. The van der Waals surface area contributed by atoms with Crippen LogP contribution >= 0.6 is 11.6 Å². The van der Waals surface area contributed by atoms with E-state index in [1.165, 1.54) is 0 Å². The van der Waals surface area contributed by atoms with Gasteiger partial charge in [0, 0.05) is 10.7 Å². The van der Waals surface area contributed by atoms with Crippen LogP contribution in [0.4, 0.5) is 5.69 Å². The molecule has 0 saturated carbocycles. The summed E-state index contributed by atoms with van der Waals surface area (Å²) < 4.78 is 5.11. The van der Waals surface area contributed by atoms with Gasteiger partial charge in [-0.05, 0) is 35.4 Å². The van der Waals surface area contributed by atoms with Crippen LogP contribution in [0.5, 0.6) is 5.75 Å².